The number of alkyl halides is 3. The Morgan fingerprint density at radius 1 is 1.15 bits per heavy atom. The molecule has 20 heavy (non-hydrogen) atoms. The zero-order valence-electron chi connectivity index (χ0n) is 10.0. The molecule has 0 aliphatic rings. The van der Waals surface area contributed by atoms with Gasteiger partial charge in [-0.15, -0.1) is 0 Å². The average molecular weight is 349 g/mol. The van der Waals surface area contributed by atoms with E-state index in [0.717, 1.165) is 12.3 Å². The van der Waals surface area contributed by atoms with E-state index in [4.69, 9.17) is 0 Å². The molecule has 0 saturated carbocycles. The quantitative estimate of drug-likeness (QED) is 0.819. The smallest absolute Gasteiger partial charge is 0.380 e. The zero-order valence-corrected chi connectivity index (χ0v) is 11.6. The molecule has 0 bridgehead atoms. The van der Waals surface area contributed by atoms with Crippen LogP contribution in [0.15, 0.2) is 41.1 Å². The van der Waals surface area contributed by atoms with Crippen molar-refractivity contribution in [1.82, 2.24) is 4.98 Å². The third kappa shape index (κ3) is 3.69. The van der Waals surface area contributed by atoms with Crippen molar-refractivity contribution in [3.05, 3.63) is 58.1 Å². The van der Waals surface area contributed by atoms with Crippen LogP contribution in [0.3, 0.4) is 0 Å². The zero-order chi connectivity index (χ0) is 14.8. The number of nitrogens with zero attached hydrogens (tertiary/aromatic N) is 1. The van der Waals surface area contributed by atoms with E-state index in [1.807, 2.05) is 0 Å². The van der Waals surface area contributed by atoms with Gasteiger partial charge in [-0.1, -0.05) is 15.9 Å². The number of anilines is 1. The Balaban J connectivity index is 2.21. The second-order valence-corrected chi connectivity index (χ2v) is 4.97. The van der Waals surface area contributed by atoms with Gasteiger partial charge in [0, 0.05) is 22.9 Å². The molecule has 0 radical (unpaired) electrons. The summed E-state index contributed by atoms with van der Waals surface area (Å²) < 4.78 is 51.9. The molecule has 1 aromatic heterocycles. The molecule has 7 heteroatoms. The van der Waals surface area contributed by atoms with Crippen LogP contribution < -0.4 is 5.32 Å². The molecule has 0 amide bonds. The molecular weight excluding hydrogens is 340 g/mol. The first-order valence-electron chi connectivity index (χ1n) is 5.56. The highest BCUT2D eigenvalue weighted by Gasteiger charge is 2.33. The van der Waals surface area contributed by atoms with Gasteiger partial charge in [0.2, 0.25) is 0 Å². The fourth-order valence-electron chi connectivity index (χ4n) is 1.65. The van der Waals surface area contributed by atoms with Gasteiger partial charge in [0.15, 0.2) is 0 Å². The Morgan fingerprint density at radius 3 is 2.55 bits per heavy atom. The number of pyridine rings is 1. The Bertz CT molecular complexity index is 614. The maximum Gasteiger partial charge on any atom is 0.418 e. The molecule has 1 aromatic carbocycles. The van der Waals surface area contributed by atoms with Crippen LogP contribution in [0, 0.1) is 5.82 Å². The lowest BCUT2D eigenvalue weighted by atomic mass is 10.1. The minimum atomic E-state index is -4.47. The summed E-state index contributed by atoms with van der Waals surface area (Å²) in [5, 5.41) is 2.64. The third-order valence-electron chi connectivity index (χ3n) is 2.53. The molecule has 1 N–H and O–H groups in total. The van der Waals surface area contributed by atoms with E-state index in [1.54, 1.807) is 0 Å². The van der Waals surface area contributed by atoms with E-state index in [-0.39, 0.29) is 12.2 Å². The van der Waals surface area contributed by atoms with Crippen molar-refractivity contribution in [2.45, 2.75) is 12.7 Å². The molecule has 2 aromatic rings. The van der Waals surface area contributed by atoms with Crippen molar-refractivity contribution in [1.29, 1.82) is 0 Å². The van der Waals surface area contributed by atoms with E-state index in [1.165, 1.54) is 24.4 Å². The average Bonchev–Trinajstić information content (AvgIpc) is 2.36. The summed E-state index contributed by atoms with van der Waals surface area (Å²) in [7, 11) is 0. The molecule has 1 heterocycles. The van der Waals surface area contributed by atoms with Gasteiger partial charge >= 0.3 is 6.18 Å². The number of hydrogen-bond acceptors (Lipinski definition) is 2. The summed E-state index contributed by atoms with van der Waals surface area (Å²) in [6, 6.07) is 5.03. The van der Waals surface area contributed by atoms with Crippen molar-refractivity contribution in [3.63, 3.8) is 0 Å². The fraction of sp³-hybridized carbons (Fsp3) is 0.154. The standard InChI is InChI=1S/C13H9BrF4N2/c14-9-1-2-12(11(4-9)13(16,17)18)20-6-8-3-10(15)7-19-5-8/h1-5,7,20H,6H2. The van der Waals surface area contributed by atoms with Crippen molar-refractivity contribution in [3.8, 4) is 0 Å². The Labute approximate surface area is 121 Å². The highest BCUT2D eigenvalue weighted by molar-refractivity contribution is 9.10. The topological polar surface area (TPSA) is 24.9 Å². The number of hydrogen-bond donors (Lipinski definition) is 1. The van der Waals surface area contributed by atoms with Crippen molar-refractivity contribution in [2.24, 2.45) is 0 Å². The van der Waals surface area contributed by atoms with Gasteiger partial charge in [-0.25, -0.2) is 4.39 Å². The summed E-state index contributed by atoms with van der Waals surface area (Å²) in [6.45, 7) is 0.0511. The van der Waals surface area contributed by atoms with Crippen molar-refractivity contribution < 1.29 is 17.6 Å². The van der Waals surface area contributed by atoms with Crippen LogP contribution in [-0.2, 0) is 12.7 Å². The molecule has 0 atom stereocenters. The van der Waals surface area contributed by atoms with E-state index in [0.29, 0.717) is 10.0 Å². The Hall–Kier alpha value is -1.63. The van der Waals surface area contributed by atoms with Gasteiger partial charge in [0.25, 0.3) is 0 Å². The summed E-state index contributed by atoms with van der Waals surface area (Å²) >= 11 is 3.01. The van der Waals surface area contributed by atoms with Crippen LogP contribution in [0.2, 0.25) is 0 Å². The molecule has 0 saturated heterocycles. The Kier molecular flexibility index (Phi) is 4.27. The van der Waals surface area contributed by atoms with Gasteiger partial charge in [-0.2, -0.15) is 13.2 Å². The molecule has 0 spiro atoms. The summed E-state index contributed by atoms with van der Waals surface area (Å²) in [5.41, 5.74) is -0.387. The molecule has 0 unspecified atom stereocenters. The van der Waals surface area contributed by atoms with Gasteiger partial charge in [0.05, 0.1) is 11.8 Å². The van der Waals surface area contributed by atoms with Gasteiger partial charge in [-0.05, 0) is 29.8 Å². The molecule has 2 rings (SSSR count). The first-order chi connectivity index (χ1) is 9.36. The molecule has 0 fully saturated rings. The predicted octanol–water partition coefficient (Wildman–Crippen LogP) is 4.61. The number of rotatable bonds is 3. The lowest BCUT2D eigenvalue weighted by Gasteiger charge is -2.15. The highest BCUT2D eigenvalue weighted by atomic mass is 79.9. The van der Waals surface area contributed by atoms with Crippen LogP contribution in [0.25, 0.3) is 0 Å². The third-order valence-corrected chi connectivity index (χ3v) is 3.02. The molecule has 106 valence electrons. The van der Waals surface area contributed by atoms with Gasteiger partial charge in [0.1, 0.15) is 5.82 Å². The van der Waals surface area contributed by atoms with E-state index in [9.17, 15) is 17.6 Å². The number of aromatic nitrogens is 1. The summed E-state index contributed by atoms with van der Waals surface area (Å²) in [6.07, 6.45) is -2.04. The lowest BCUT2D eigenvalue weighted by molar-refractivity contribution is -0.137. The van der Waals surface area contributed by atoms with Crippen molar-refractivity contribution >= 4 is 21.6 Å². The van der Waals surface area contributed by atoms with Crippen molar-refractivity contribution in [2.75, 3.05) is 5.32 Å². The van der Waals surface area contributed by atoms with E-state index >= 15 is 0 Å². The predicted molar refractivity (Wildman–Crippen MR) is 70.7 cm³/mol. The van der Waals surface area contributed by atoms with Crippen LogP contribution in [0.5, 0.6) is 0 Å². The largest absolute Gasteiger partial charge is 0.418 e. The number of halogens is 5. The molecule has 2 nitrogen and oxygen atoms in total. The van der Waals surface area contributed by atoms with E-state index in [2.05, 4.69) is 26.2 Å². The second kappa shape index (κ2) is 5.78. The minimum absolute atomic E-state index is 0.0511. The van der Waals surface area contributed by atoms with Crippen LogP contribution in [0.4, 0.5) is 23.2 Å². The lowest BCUT2D eigenvalue weighted by Crippen LogP contribution is -2.11. The van der Waals surface area contributed by atoms with Gasteiger partial charge < -0.3 is 5.32 Å². The summed E-state index contributed by atoms with van der Waals surface area (Å²) in [4.78, 5) is 3.64. The van der Waals surface area contributed by atoms with Crippen LogP contribution in [0.1, 0.15) is 11.1 Å². The molecule has 0 aliphatic heterocycles. The maximum atomic E-state index is 12.9. The number of nitrogens with one attached hydrogen (secondary N) is 1. The van der Waals surface area contributed by atoms with Crippen LogP contribution >= 0.6 is 15.9 Å². The van der Waals surface area contributed by atoms with E-state index < -0.39 is 17.6 Å². The molecule has 0 aliphatic carbocycles. The second-order valence-electron chi connectivity index (χ2n) is 4.05. The normalized spacial score (nSPS) is 11.4. The SMILES string of the molecule is Fc1cncc(CNc2ccc(Br)cc2C(F)(F)F)c1. The van der Waals surface area contributed by atoms with Gasteiger partial charge in [-0.3, -0.25) is 4.98 Å². The first kappa shape index (κ1) is 14.8. The highest BCUT2D eigenvalue weighted by Crippen LogP contribution is 2.36. The first-order valence-corrected chi connectivity index (χ1v) is 6.35. The monoisotopic (exact) mass is 348 g/mol. The van der Waals surface area contributed by atoms with Crippen LogP contribution in [-0.4, -0.2) is 4.98 Å². The fourth-order valence-corrected chi connectivity index (χ4v) is 2.02. The molecular formula is C13H9BrF4N2. The summed E-state index contributed by atoms with van der Waals surface area (Å²) in [5.74, 6) is -0.531. The minimum Gasteiger partial charge on any atom is -0.380 e. The Morgan fingerprint density at radius 2 is 1.90 bits per heavy atom. The number of benzene rings is 1. The maximum absolute atomic E-state index is 12.9.